The van der Waals surface area contributed by atoms with Crippen molar-refractivity contribution in [2.75, 3.05) is 10.6 Å². The van der Waals surface area contributed by atoms with Gasteiger partial charge < -0.3 is 10.6 Å². The van der Waals surface area contributed by atoms with Crippen molar-refractivity contribution in [3.8, 4) is 0 Å². The van der Waals surface area contributed by atoms with E-state index in [9.17, 15) is 9.18 Å². The minimum absolute atomic E-state index is 0.274. The lowest BCUT2D eigenvalue weighted by Gasteiger charge is -2.11. The van der Waals surface area contributed by atoms with Crippen molar-refractivity contribution in [1.29, 1.82) is 0 Å². The molecule has 1 heterocycles. The number of hydrogen-bond donors (Lipinski definition) is 2. The molecular formula is C20H18FN3O. The normalized spacial score (nSPS) is 10.3. The van der Waals surface area contributed by atoms with Gasteiger partial charge in [-0.05, 0) is 54.4 Å². The van der Waals surface area contributed by atoms with Crippen LogP contribution in [-0.4, -0.2) is 10.9 Å². The van der Waals surface area contributed by atoms with Gasteiger partial charge in [-0.25, -0.2) is 4.39 Å². The molecule has 0 saturated carbocycles. The second-order valence-corrected chi connectivity index (χ2v) is 5.53. The number of hydrogen-bond acceptors (Lipinski definition) is 3. The Bertz CT molecular complexity index is 878. The number of anilines is 3. The molecule has 0 aliphatic rings. The van der Waals surface area contributed by atoms with E-state index in [1.165, 1.54) is 12.1 Å². The molecule has 2 N–H and O–H groups in total. The number of nitrogens with one attached hydrogen (secondary N) is 2. The third-order valence-electron chi connectivity index (χ3n) is 3.77. The molecule has 1 amide bonds. The second-order valence-electron chi connectivity index (χ2n) is 5.53. The van der Waals surface area contributed by atoms with Crippen molar-refractivity contribution >= 4 is 23.0 Å². The number of rotatable bonds is 5. The molecule has 2 aromatic carbocycles. The van der Waals surface area contributed by atoms with Gasteiger partial charge in [0.15, 0.2) is 0 Å². The summed E-state index contributed by atoms with van der Waals surface area (Å²) in [4.78, 5) is 16.6. The number of benzene rings is 2. The summed E-state index contributed by atoms with van der Waals surface area (Å²) in [6, 6.07) is 17.1. The van der Waals surface area contributed by atoms with Gasteiger partial charge in [0.25, 0.3) is 5.91 Å². The molecule has 5 heteroatoms. The molecular weight excluding hydrogens is 317 g/mol. The van der Waals surface area contributed by atoms with Gasteiger partial charge in [-0.15, -0.1) is 0 Å². The van der Waals surface area contributed by atoms with Crippen LogP contribution in [0.4, 0.5) is 21.5 Å². The Morgan fingerprint density at radius 3 is 2.56 bits per heavy atom. The summed E-state index contributed by atoms with van der Waals surface area (Å²) in [5.74, 6) is -0.571. The summed E-state index contributed by atoms with van der Waals surface area (Å²) in [6.07, 6.45) is 2.39. The van der Waals surface area contributed by atoms with Gasteiger partial charge in [-0.2, -0.15) is 0 Å². The Balaban J connectivity index is 1.76. The molecule has 0 saturated heterocycles. The molecule has 4 nitrogen and oxygen atoms in total. The first kappa shape index (κ1) is 16.6. The van der Waals surface area contributed by atoms with Gasteiger partial charge in [0.1, 0.15) is 11.5 Å². The first-order valence-electron chi connectivity index (χ1n) is 8.03. The Morgan fingerprint density at radius 1 is 1.04 bits per heavy atom. The highest BCUT2D eigenvalue weighted by Gasteiger charge is 2.10. The molecule has 1 aromatic heterocycles. The van der Waals surface area contributed by atoms with E-state index in [4.69, 9.17) is 0 Å². The highest BCUT2D eigenvalue weighted by molar-refractivity contribution is 6.03. The van der Waals surface area contributed by atoms with Crippen molar-refractivity contribution in [3.63, 3.8) is 0 Å². The molecule has 3 rings (SSSR count). The SMILES string of the molecule is CCc1ccccc1NC(=O)c1cc(Nc2ccc(F)cc2)ccn1. The van der Waals surface area contributed by atoms with Crippen LogP contribution in [-0.2, 0) is 6.42 Å². The van der Waals surface area contributed by atoms with Crippen LogP contribution in [0.5, 0.6) is 0 Å². The van der Waals surface area contributed by atoms with Gasteiger partial charge in [-0.3, -0.25) is 9.78 Å². The van der Waals surface area contributed by atoms with E-state index in [1.54, 1.807) is 30.5 Å². The van der Waals surface area contributed by atoms with E-state index < -0.39 is 0 Å². The predicted octanol–water partition coefficient (Wildman–Crippen LogP) is 4.78. The lowest BCUT2D eigenvalue weighted by atomic mass is 10.1. The van der Waals surface area contributed by atoms with Crippen molar-refractivity contribution in [2.45, 2.75) is 13.3 Å². The van der Waals surface area contributed by atoms with Gasteiger partial charge >= 0.3 is 0 Å². The zero-order chi connectivity index (χ0) is 17.6. The molecule has 0 bridgehead atoms. The molecule has 25 heavy (non-hydrogen) atoms. The molecule has 126 valence electrons. The fourth-order valence-electron chi connectivity index (χ4n) is 2.47. The van der Waals surface area contributed by atoms with E-state index >= 15 is 0 Å². The predicted molar refractivity (Wildman–Crippen MR) is 97.7 cm³/mol. The summed E-state index contributed by atoms with van der Waals surface area (Å²) in [6.45, 7) is 2.04. The van der Waals surface area contributed by atoms with Crippen LogP contribution in [0.25, 0.3) is 0 Å². The molecule has 0 atom stereocenters. The number of pyridine rings is 1. The average molecular weight is 335 g/mol. The minimum Gasteiger partial charge on any atom is -0.355 e. The van der Waals surface area contributed by atoms with Crippen LogP contribution in [0.1, 0.15) is 23.0 Å². The van der Waals surface area contributed by atoms with Crippen LogP contribution in [0.15, 0.2) is 66.9 Å². The topological polar surface area (TPSA) is 54.0 Å². The first-order valence-corrected chi connectivity index (χ1v) is 8.03. The number of nitrogens with zero attached hydrogens (tertiary/aromatic N) is 1. The molecule has 0 unspecified atom stereocenters. The third kappa shape index (κ3) is 4.20. The van der Waals surface area contributed by atoms with E-state index in [1.807, 2.05) is 31.2 Å². The number of carbonyl (C=O) groups is 1. The standard InChI is InChI=1S/C20H18FN3O/c1-2-14-5-3-4-6-18(14)24-20(25)19-13-17(11-12-22-19)23-16-9-7-15(21)8-10-16/h3-13H,2H2,1H3,(H,22,23)(H,24,25). The summed E-state index contributed by atoms with van der Waals surface area (Å²) >= 11 is 0. The molecule has 0 aliphatic carbocycles. The van der Waals surface area contributed by atoms with E-state index in [2.05, 4.69) is 15.6 Å². The van der Waals surface area contributed by atoms with Crippen LogP contribution >= 0.6 is 0 Å². The number of amides is 1. The Labute approximate surface area is 145 Å². The highest BCUT2D eigenvalue weighted by atomic mass is 19.1. The highest BCUT2D eigenvalue weighted by Crippen LogP contribution is 2.19. The fraction of sp³-hybridized carbons (Fsp3) is 0.100. The minimum atomic E-state index is -0.296. The molecule has 0 aliphatic heterocycles. The Kier molecular flexibility index (Phi) is 5.04. The monoisotopic (exact) mass is 335 g/mol. The maximum absolute atomic E-state index is 13.0. The lowest BCUT2D eigenvalue weighted by Crippen LogP contribution is -2.15. The largest absolute Gasteiger partial charge is 0.355 e. The molecule has 0 spiro atoms. The quantitative estimate of drug-likeness (QED) is 0.705. The summed E-state index contributed by atoms with van der Waals surface area (Å²) in [5.41, 5.74) is 3.59. The zero-order valence-electron chi connectivity index (χ0n) is 13.8. The smallest absolute Gasteiger partial charge is 0.274 e. The van der Waals surface area contributed by atoms with Crippen LogP contribution < -0.4 is 10.6 Å². The summed E-state index contributed by atoms with van der Waals surface area (Å²) in [5, 5.41) is 6.02. The van der Waals surface area contributed by atoms with Crippen molar-refractivity contribution in [2.24, 2.45) is 0 Å². The fourth-order valence-corrected chi connectivity index (χ4v) is 2.47. The number of aryl methyl sites for hydroxylation is 1. The maximum atomic E-state index is 13.0. The van der Waals surface area contributed by atoms with Crippen molar-refractivity contribution in [1.82, 2.24) is 4.98 Å². The zero-order valence-corrected chi connectivity index (χ0v) is 13.8. The summed E-state index contributed by atoms with van der Waals surface area (Å²) < 4.78 is 13.0. The van der Waals surface area contributed by atoms with Gasteiger partial charge in [0.05, 0.1) is 0 Å². The van der Waals surface area contributed by atoms with Crippen LogP contribution in [0.2, 0.25) is 0 Å². The maximum Gasteiger partial charge on any atom is 0.274 e. The molecule has 3 aromatic rings. The van der Waals surface area contributed by atoms with E-state index in [-0.39, 0.29) is 11.7 Å². The number of carbonyl (C=O) groups excluding carboxylic acids is 1. The van der Waals surface area contributed by atoms with E-state index in [0.717, 1.165) is 23.4 Å². The van der Waals surface area contributed by atoms with Gasteiger partial charge in [-0.1, -0.05) is 25.1 Å². The molecule has 0 fully saturated rings. The van der Waals surface area contributed by atoms with Crippen molar-refractivity contribution in [3.05, 3.63) is 83.9 Å². The van der Waals surface area contributed by atoms with Gasteiger partial charge in [0, 0.05) is 23.3 Å². The third-order valence-corrected chi connectivity index (χ3v) is 3.77. The number of aromatic nitrogens is 1. The molecule has 0 radical (unpaired) electrons. The van der Waals surface area contributed by atoms with Crippen LogP contribution in [0.3, 0.4) is 0 Å². The number of halogens is 1. The summed E-state index contributed by atoms with van der Waals surface area (Å²) in [7, 11) is 0. The average Bonchev–Trinajstić information content (AvgIpc) is 2.64. The first-order chi connectivity index (χ1) is 12.2. The Morgan fingerprint density at radius 2 is 1.80 bits per heavy atom. The Hall–Kier alpha value is -3.21. The van der Waals surface area contributed by atoms with Crippen LogP contribution in [0, 0.1) is 5.82 Å². The van der Waals surface area contributed by atoms with E-state index in [0.29, 0.717) is 11.4 Å². The lowest BCUT2D eigenvalue weighted by molar-refractivity contribution is 0.102. The second kappa shape index (κ2) is 7.57. The van der Waals surface area contributed by atoms with Crippen molar-refractivity contribution < 1.29 is 9.18 Å². The van der Waals surface area contributed by atoms with Gasteiger partial charge in [0.2, 0.25) is 0 Å². The number of para-hydroxylation sites is 1.